The topological polar surface area (TPSA) is 38.9 Å². The van der Waals surface area contributed by atoms with Crippen LogP contribution in [0.4, 0.5) is 5.69 Å². The molecule has 0 aliphatic carbocycles. The maximum absolute atomic E-state index is 5.71. The third kappa shape index (κ3) is 2.95. The quantitative estimate of drug-likeness (QED) is 0.597. The molecule has 0 radical (unpaired) electrons. The largest absolute Gasteiger partial charge is 0.397 e. The molecule has 0 aliphatic rings. The van der Waals surface area contributed by atoms with Crippen molar-refractivity contribution in [3.63, 3.8) is 0 Å². The van der Waals surface area contributed by atoms with Gasteiger partial charge in [0.15, 0.2) is 0 Å². The molecule has 0 aliphatic heterocycles. The Kier molecular flexibility index (Phi) is 4.32. The first-order valence-corrected chi connectivity index (χ1v) is 6.03. The summed E-state index contributed by atoms with van der Waals surface area (Å²) in [5.74, 6) is 2.27. The second-order valence-corrected chi connectivity index (χ2v) is 4.38. The van der Waals surface area contributed by atoms with E-state index >= 15 is 0 Å². The van der Waals surface area contributed by atoms with E-state index in [4.69, 9.17) is 5.73 Å². The van der Waals surface area contributed by atoms with Crippen molar-refractivity contribution in [1.29, 1.82) is 0 Å². The van der Waals surface area contributed by atoms with Crippen LogP contribution in [0.3, 0.4) is 0 Å². The number of aromatic nitrogens is 1. The smallest absolute Gasteiger partial charge is 0.0638 e. The van der Waals surface area contributed by atoms with Crippen LogP contribution >= 0.6 is 23.5 Å². The van der Waals surface area contributed by atoms with Crippen molar-refractivity contribution in [2.75, 3.05) is 23.5 Å². The highest BCUT2D eigenvalue weighted by atomic mass is 32.2. The van der Waals surface area contributed by atoms with Crippen LogP contribution < -0.4 is 5.73 Å². The van der Waals surface area contributed by atoms with Gasteiger partial charge < -0.3 is 5.73 Å². The van der Waals surface area contributed by atoms with Crippen LogP contribution in [0.25, 0.3) is 0 Å². The molecular formula is C8H12N2S2. The number of rotatable bonds is 4. The Bertz CT molecular complexity index is 240. The van der Waals surface area contributed by atoms with Gasteiger partial charge in [-0.25, -0.2) is 0 Å². The zero-order valence-electron chi connectivity index (χ0n) is 6.99. The number of pyridine rings is 1. The third-order valence-corrected chi connectivity index (χ3v) is 3.32. The SMILES string of the molecule is CSCCSc1ccncc1N. The van der Waals surface area contributed by atoms with E-state index in [1.165, 1.54) is 0 Å². The summed E-state index contributed by atoms with van der Waals surface area (Å²) in [5.41, 5.74) is 6.49. The minimum absolute atomic E-state index is 0.781. The molecule has 1 aromatic heterocycles. The van der Waals surface area contributed by atoms with Gasteiger partial charge in [-0.3, -0.25) is 4.98 Å². The van der Waals surface area contributed by atoms with Crippen LogP contribution in [0.15, 0.2) is 23.4 Å². The van der Waals surface area contributed by atoms with Crippen molar-refractivity contribution < 1.29 is 0 Å². The number of hydrogen-bond acceptors (Lipinski definition) is 4. The van der Waals surface area contributed by atoms with Gasteiger partial charge in [0.1, 0.15) is 0 Å². The lowest BCUT2D eigenvalue weighted by molar-refractivity contribution is 1.27. The van der Waals surface area contributed by atoms with Crippen molar-refractivity contribution in [3.05, 3.63) is 18.5 Å². The first kappa shape index (κ1) is 9.74. The number of anilines is 1. The summed E-state index contributed by atoms with van der Waals surface area (Å²) >= 11 is 3.64. The Hall–Kier alpha value is -0.350. The lowest BCUT2D eigenvalue weighted by Crippen LogP contribution is -1.90. The molecule has 0 fully saturated rings. The molecule has 0 unspecified atom stereocenters. The summed E-state index contributed by atoms with van der Waals surface area (Å²) in [4.78, 5) is 5.07. The van der Waals surface area contributed by atoms with Crippen LogP contribution in [0, 0.1) is 0 Å². The summed E-state index contributed by atoms with van der Waals surface area (Å²) in [7, 11) is 0. The molecule has 0 saturated heterocycles. The fourth-order valence-electron chi connectivity index (χ4n) is 0.760. The van der Waals surface area contributed by atoms with Gasteiger partial charge in [0.2, 0.25) is 0 Å². The van der Waals surface area contributed by atoms with E-state index in [0.717, 1.165) is 22.1 Å². The third-order valence-electron chi connectivity index (χ3n) is 1.36. The molecule has 12 heavy (non-hydrogen) atoms. The number of nitrogens with zero attached hydrogens (tertiary/aromatic N) is 1. The van der Waals surface area contributed by atoms with Crippen molar-refractivity contribution in [2.24, 2.45) is 0 Å². The van der Waals surface area contributed by atoms with Crippen LogP contribution in [-0.4, -0.2) is 22.7 Å². The van der Waals surface area contributed by atoms with Crippen molar-refractivity contribution in [2.45, 2.75) is 4.90 Å². The molecule has 2 N–H and O–H groups in total. The maximum atomic E-state index is 5.71. The van der Waals surface area contributed by atoms with E-state index in [0.29, 0.717) is 0 Å². The molecular weight excluding hydrogens is 188 g/mol. The molecule has 1 aromatic rings. The Morgan fingerprint density at radius 3 is 3.00 bits per heavy atom. The van der Waals surface area contributed by atoms with Gasteiger partial charge in [-0.1, -0.05) is 0 Å². The molecule has 2 nitrogen and oxygen atoms in total. The summed E-state index contributed by atoms with van der Waals surface area (Å²) in [6, 6.07) is 1.96. The second kappa shape index (κ2) is 5.32. The Morgan fingerprint density at radius 1 is 1.50 bits per heavy atom. The predicted molar refractivity (Wildman–Crippen MR) is 57.8 cm³/mol. The van der Waals surface area contributed by atoms with Crippen molar-refractivity contribution >= 4 is 29.2 Å². The van der Waals surface area contributed by atoms with Gasteiger partial charge in [0.25, 0.3) is 0 Å². The highest BCUT2D eigenvalue weighted by molar-refractivity contribution is 8.02. The Balaban J connectivity index is 2.46. The predicted octanol–water partition coefficient (Wildman–Crippen LogP) is 2.12. The summed E-state index contributed by atoms with van der Waals surface area (Å²) < 4.78 is 0. The van der Waals surface area contributed by atoms with Crippen LogP contribution in [-0.2, 0) is 0 Å². The van der Waals surface area contributed by atoms with Crippen molar-refractivity contribution in [1.82, 2.24) is 4.98 Å². The van der Waals surface area contributed by atoms with Crippen LogP contribution in [0.5, 0.6) is 0 Å². The van der Waals surface area contributed by atoms with Crippen molar-refractivity contribution in [3.8, 4) is 0 Å². The summed E-state index contributed by atoms with van der Waals surface area (Å²) in [6.45, 7) is 0. The molecule has 0 aromatic carbocycles. The second-order valence-electron chi connectivity index (χ2n) is 2.25. The number of thioether (sulfide) groups is 2. The number of hydrogen-bond donors (Lipinski definition) is 1. The number of nitrogen functional groups attached to an aromatic ring is 1. The maximum Gasteiger partial charge on any atom is 0.0638 e. The van der Waals surface area contributed by atoms with Gasteiger partial charge in [-0.05, 0) is 12.3 Å². The average Bonchev–Trinajstić information content (AvgIpc) is 2.09. The molecule has 0 spiro atoms. The average molecular weight is 200 g/mol. The summed E-state index contributed by atoms with van der Waals surface area (Å²) in [6.07, 6.45) is 5.58. The lowest BCUT2D eigenvalue weighted by atomic mass is 10.4. The minimum Gasteiger partial charge on any atom is -0.397 e. The molecule has 1 rings (SSSR count). The zero-order chi connectivity index (χ0) is 8.81. The molecule has 4 heteroatoms. The van der Waals surface area contributed by atoms with Gasteiger partial charge in [-0.15, -0.1) is 11.8 Å². The standard InChI is InChI=1S/C8H12N2S2/c1-11-4-5-12-8-2-3-10-6-7(8)9/h2-3,6H,4-5,9H2,1H3. The van der Waals surface area contributed by atoms with E-state index in [9.17, 15) is 0 Å². The first-order chi connectivity index (χ1) is 5.84. The van der Waals surface area contributed by atoms with Gasteiger partial charge in [0.05, 0.1) is 11.9 Å². The zero-order valence-corrected chi connectivity index (χ0v) is 8.62. The molecule has 0 saturated carbocycles. The number of nitrogens with two attached hydrogens (primary N) is 1. The van der Waals surface area contributed by atoms with E-state index < -0.39 is 0 Å². The lowest BCUT2D eigenvalue weighted by Gasteiger charge is -2.02. The van der Waals surface area contributed by atoms with E-state index in [1.54, 1.807) is 24.2 Å². The van der Waals surface area contributed by atoms with Crippen LogP contribution in [0.1, 0.15) is 0 Å². The molecule has 66 valence electrons. The molecule has 1 heterocycles. The molecule has 0 atom stereocenters. The van der Waals surface area contributed by atoms with E-state index in [-0.39, 0.29) is 0 Å². The summed E-state index contributed by atoms with van der Waals surface area (Å²) in [5, 5.41) is 0. The Labute approximate surface area is 81.3 Å². The fraction of sp³-hybridized carbons (Fsp3) is 0.375. The Morgan fingerprint density at radius 2 is 2.33 bits per heavy atom. The normalized spacial score (nSPS) is 10.1. The highest BCUT2D eigenvalue weighted by Gasteiger charge is 1.97. The van der Waals surface area contributed by atoms with E-state index in [1.807, 2.05) is 17.8 Å². The molecule has 0 amide bonds. The first-order valence-electron chi connectivity index (χ1n) is 3.66. The fourth-order valence-corrected chi connectivity index (χ4v) is 2.36. The monoisotopic (exact) mass is 200 g/mol. The highest BCUT2D eigenvalue weighted by Crippen LogP contribution is 2.23. The van der Waals surface area contributed by atoms with Crippen LogP contribution in [0.2, 0.25) is 0 Å². The van der Waals surface area contributed by atoms with E-state index in [2.05, 4.69) is 11.2 Å². The minimum atomic E-state index is 0.781. The van der Waals surface area contributed by atoms with Gasteiger partial charge in [0, 0.05) is 22.6 Å². The van der Waals surface area contributed by atoms with Gasteiger partial charge >= 0.3 is 0 Å². The molecule has 0 bridgehead atoms. The van der Waals surface area contributed by atoms with Gasteiger partial charge in [-0.2, -0.15) is 11.8 Å².